The Hall–Kier alpha value is -3.68. The van der Waals surface area contributed by atoms with Crippen molar-refractivity contribution in [3.8, 4) is 11.8 Å². The van der Waals surface area contributed by atoms with Crippen molar-refractivity contribution in [2.45, 2.75) is 13.0 Å². The van der Waals surface area contributed by atoms with Gasteiger partial charge in [-0.3, -0.25) is 14.9 Å². The van der Waals surface area contributed by atoms with Gasteiger partial charge >= 0.3 is 0 Å². The first-order valence-electron chi connectivity index (χ1n) is 11.0. The average Bonchev–Trinajstić information content (AvgIpc) is 3.22. The fourth-order valence-corrected chi connectivity index (χ4v) is 4.69. The highest BCUT2D eigenvalue weighted by atomic mass is 32.2. The van der Waals surface area contributed by atoms with E-state index in [2.05, 4.69) is 16.0 Å². The number of nitrogens with zero attached hydrogens (tertiary/aromatic N) is 4. The number of amidine groups is 1. The molecule has 2 heterocycles. The fraction of sp³-hybridized carbons (Fsp3) is 0.292. The molecule has 174 valence electrons. The summed E-state index contributed by atoms with van der Waals surface area (Å²) in [6.45, 7) is 4.70. The minimum atomic E-state index is -0.431. The molecule has 34 heavy (non-hydrogen) atoms. The van der Waals surface area contributed by atoms with Crippen LogP contribution in [-0.4, -0.2) is 53.6 Å². The minimum absolute atomic E-state index is 0.0478. The molecule has 2 aliphatic rings. The van der Waals surface area contributed by atoms with Crippen LogP contribution in [0.2, 0.25) is 0 Å². The number of carbonyl (C=O) groups excluding carboxylic acids is 1. The standard InChI is InChI=1S/C24H23N5O4S/c25-10-1-11-27-12-14-28(15-13-27)24-26-23(30)22(34-24)16-18-4-8-21(9-5-18)33-17-19-2-6-20(7-3-19)29(31)32/h2-9,16H,1,11-15,17H2/p+1/b22-16+. The van der Waals surface area contributed by atoms with E-state index in [1.807, 2.05) is 30.3 Å². The molecule has 0 spiro atoms. The van der Waals surface area contributed by atoms with Gasteiger partial charge in [-0.05, 0) is 53.2 Å². The summed E-state index contributed by atoms with van der Waals surface area (Å²) < 4.78 is 5.76. The smallest absolute Gasteiger partial charge is 0.286 e. The van der Waals surface area contributed by atoms with Crippen LogP contribution in [-0.2, 0) is 11.4 Å². The molecular weight excluding hydrogens is 454 g/mol. The van der Waals surface area contributed by atoms with Crippen molar-refractivity contribution in [2.24, 2.45) is 4.99 Å². The molecule has 10 heteroatoms. The van der Waals surface area contributed by atoms with Crippen molar-refractivity contribution in [2.75, 3.05) is 32.7 Å². The van der Waals surface area contributed by atoms with Crippen molar-refractivity contribution in [1.82, 2.24) is 4.90 Å². The first kappa shape index (κ1) is 23.5. The van der Waals surface area contributed by atoms with Gasteiger partial charge in [-0.25, -0.2) is 0 Å². The van der Waals surface area contributed by atoms with E-state index in [0.29, 0.717) is 23.7 Å². The van der Waals surface area contributed by atoms with Crippen LogP contribution < -0.4 is 9.64 Å². The first-order chi connectivity index (χ1) is 16.5. The lowest BCUT2D eigenvalue weighted by molar-refractivity contribution is -0.903. The summed E-state index contributed by atoms with van der Waals surface area (Å²) in [6, 6.07) is 15.9. The van der Waals surface area contributed by atoms with E-state index in [0.717, 1.165) is 49.0 Å². The third-order valence-corrected chi connectivity index (χ3v) is 6.72. The van der Waals surface area contributed by atoms with E-state index >= 15 is 0 Å². The molecular formula is C24H24N5O4S+. The Labute approximate surface area is 201 Å². The predicted molar refractivity (Wildman–Crippen MR) is 129 cm³/mol. The van der Waals surface area contributed by atoms with E-state index in [1.54, 1.807) is 12.1 Å². The number of rotatable bonds is 7. The zero-order chi connectivity index (χ0) is 23.9. The maximum Gasteiger partial charge on any atom is 0.286 e. The number of amides is 1. The zero-order valence-electron chi connectivity index (χ0n) is 18.5. The molecule has 9 nitrogen and oxygen atoms in total. The topological polar surface area (TPSA) is 113 Å². The zero-order valence-corrected chi connectivity index (χ0v) is 19.3. The van der Waals surface area contributed by atoms with Gasteiger partial charge in [-0.2, -0.15) is 10.3 Å². The van der Waals surface area contributed by atoms with Crippen LogP contribution in [0.15, 0.2) is 58.4 Å². The van der Waals surface area contributed by atoms with E-state index in [1.165, 1.54) is 28.8 Å². The second kappa shape index (κ2) is 11.0. The number of nitro benzene ring substituents is 1. The van der Waals surface area contributed by atoms with E-state index < -0.39 is 4.92 Å². The molecule has 2 aromatic rings. The molecule has 0 radical (unpaired) electrons. The monoisotopic (exact) mass is 478 g/mol. The number of hydrogen-bond acceptors (Lipinski definition) is 7. The van der Waals surface area contributed by atoms with Crippen LogP contribution in [0.25, 0.3) is 6.08 Å². The second-order valence-corrected chi connectivity index (χ2v) is 9.00. The van der Waals surface area contributed by atoms with Crippen molar-refractivity contribution in [3.05, 3.63) is 74.7 Å². The van der Waals surface area contributed by atoms with Gasteiger partial charge in [0.15, 0.2) is 5.17 Å². The van der Waals surface area contributed by atoms with Crippen molar-refractivity contribution in [3.63, 3.8) is 0 Å². The summed E-state index contributed by atoms with van der Waals surface area (Å²) in [5.41, 5.74) is 1.76. The van der Waals surface area contributed by atoms with E-state index in [4.69, 9.17) is 10.00 Å². The predicted octanol–water partition coefficient (Wildman–Crippen LogP) is 2.26. The Morgan fingerprint density at radius 3 is 2.53 bits per heavy atom. The quantitative estimate of drug-likeness (QED) is 0.369. The van der Waals surface area contributed by atoms with Crippen LogP contribution in [0.4, 0.5) is 5.69 Å². The lowest BCUT2D eigenvalue weighted by atomic mass is 10.2. The van der Waals surface area contributed by atoms with Crippen LogP contribution in [0.1, 0.15) is 17.5 Å². The third kappa shape index (κ3) is 6.01. The number of carbonyl (C=O) groups is 1. The van der Waals surface area contributed by atoms with Gasteiger partial charge in [0.25, 0.3) is 11.6 Å². The van der Waals surface area contributed by atoms with Gasteiger partial charge < -0.3 is 14.5 Å². The summed E-state index contributed by atoms with van der Waals surface area (Å²) in [4.78, 5) is 31.1. The number of piperazine rings is 1. The highest BCUT2D eigenvalue weighted by molar-refractivity contribution is 8.18. The molecule has 4 rings (SSSR count). The van der Waals surface area contributed by atoms with Gasteiger partial charge in [0, 0.05) is 12.1 Å². The number of nitriles is 1. The Bertz CT molecular complexity index is 1150. The molecule has 0 saturated carbocycles. The van der Waals surface area contributed by atoms with Gasteiger partial charge in [-0.1, -0.05) is 12.1 Å². The van der Waals surface area contributed by atoms with Crippen LogP contribution >= 0.6 is 11.8 Å². The largest absolute Gasteiger partial charge is 0.489 e. The van der Waals surface area contributed by atoms with Crippen molar-refractivity contribution < 1.29 is 19.4 Å². The molecule has 0 atom stereocenters. The molecule has 0 unspecified atom stereocenters. The van der Waals surface area contributed by atoms with Crippen molar-refractivity contribution >= 4 is 34.6 Å². The fourth-order valence-electron chi connectivity index (χ4n) is 3.72. The maximum absolute atomic E-state index is 12.4. The number of ether oxygens (including phenoxy) is 1. The summed E-state index contributed by atoms with van der Waals surface area (Å²) in [7, 11) is 0. The molecule has 1 fully saturated rings. The van der Waals surface area contributed by atoms with Crippen LogP contribution in [0.3, 0.4) is 0 Å². The second-order valence-electron chi connectivity index (χ2n) is 7.99. The van der Waals surface area contributed by atoms with Gasteiger partial charge in [-0.15, -0.1) is 0 Å². The number of nitro groups is 1. The summed E-state index contributed by atoms with van der Waals surface area (Å²) in [5, 5.41) is 20.2. The molecule has 1 N–H and O–H groups in total. The van der Waals surface area contributed by atoms with Gasteiger partial charge in [0.2, 0.25) is 0 Å². The number of benzene rings is 2. The lowest BCUT2D eigenvalue weighted by Crippen LogP contribution is -3.14. The number of quaternary nitrogens is 1. The number of nitrogens with one attached hydrogen (secondary N) is 1. The van der Waals surface area contributed by atoms with E-state index in [9.17, 15) is 14.9 Å². The normalized spacial score (nSPS) is 17.5. The first-order valence-corrected chi connectivity index (χ1v) is 11.8. The molecule has 1 saturated heterocycles. The molecule has 0 aliphatic carbocycles. The van der Waals surface area contributed by atoms with Gasteiger partial charge in [0.05, 0.1) is 55.0 Å². The molecule has 1 amide bonds. The molecule has 0 aromatic heterocycles. The number of non-ortho nitro benzene ring substituents is 1. The minimum Gasteiger partial charge on any atom is -0.489 e. The van der Waals surface area contributed by atoms with E-state index in [-0.39, 0.29) is 11.6 Å². The molecule has 0 bridgehead atoms. The Morgan fingerprint density at radius 1 is 1.18 bits per heavy atom. The molecule has 2 aliphatic heterocycles. The van der Waals surface area contributed by atoms with Crippen LogP contribution in [0.5, 0.6) is 5.75 Å². The number of thioether (sulfide) groups is 1. The van der Waals surface area contributed by atoms with Crippen molar-refractivity contribution in [1.29, 1.82) is 5.26 Å². The SMILES string of the molecule is N#CCC[NH+]1CCN(C2=NC(=O)/C(=C\c3ccc(OCc4ccc([N+](=O)[O-])cc4)cc3)S2)CC1. The highest BCUT2D eigenvalue weighted by Crippen LogP contribution is 2.30. The average molecular weight is 479 g/mol. The Kier molecular flexibility index (Phi) is 7.57. The third-order valence-electron chi connectivity index (χ3n) is 5.67. The Balaban J connectivity index is 1.29. The molecule has 2 aromatic carbocycles. The summed E-state index contributed by atoms with van der Waals surface area (Å²) in [5.74, 6) is 0.442. The number of hydrogen-bond donors (Lipinski definition) is 1. The maximum atomic E-state index is 12.4. The lowest BCUT2D eigenvalue weighted by Gasteiger charge is -2.32. The number of aliphatic imine (C=N–C) groups is 1. The summed E-state index contributed by atoms with van der Waals surface area (Å²) in [6.07, 6.45) is 2.40. The van der Waals surface area contributed by atoms with Gasteiger partial charge in [0.1, 0.15) is 12.4 Å². The summed E-state index contributed by atoms with van der Waals surface area (Å²) >= 11 is 1.40. The Morgan fingerprint density at radius 2 is 1.88 bits per heavy atom. The highest BCUT2D eigenvalue weighted by Gasteiger charge is 2.29. The van der Waals surface area contributed by atoms with Crippen LogP contribution in [0, 0.1) is 21.4 Å².